The predicted molar refractivity (Wildman–Crippen MR) is 75.1 cm³/mol. The summed E-state index contributed by atoms with van der Waals surface area (Å²) in [5.41, 5.74) is 7.90. The highest BCUT2D eigenvalue weighted by Gasteiger charge is 2.20. The minimum atomic E-state index is 0.523. The normalized spacial score (nSPS) is 14.9. The largest absolute Gasteiger partial charge is 0.423 e. The van der Waals surface area contributed by atoms with Crippen molar-refractivity contribution in [2.45, 2.75) is 19.3 Å². The summed E-state index contributed by atoms with van der Waals surface area (Å²) >= 11 is 0. The summed E-state index contributed by atoms with van der Waals surface area (Å²) in [6, 6.07) is 6.07. The van der Waals surface area contributed by atoms with Gasteiger partial charge in [0.15, 0.2) is 5.58 Å². The van der Waals surface area contributed by atoms with Gasteiger partial charge in [-0.3, -0.25) is 0 Å². The summed E-state index contributed by atoms with van der Waals surface area (Å²) < 4.78 is 11.1. The van der Waals surface area contributed by atoms with E-state index in [4.69, 9.17) is 14.9 Å². The molecule has 0 unspecified atom stereocenters. The van der Waals surface area contributed by atoms with Gasteiger partial charge < -0.3 is 20.2 Å². The third-order valence-corrected chi connectivity index (χ3v) is 3.24. The Labute approximate surface area is 112 Å². The molecular formula is C14H19N3O2. The number of aromatic nitrogens is 1. The fourth-order valence-corrected chi connectivity index (χ4v) is 1.95. The zero-order valence-corrected chi connectivity index (χ0v) is 10.9. The molecule has 0 amide bonds. The fraction of sp³-hybridized carbons (Fsp3) is 0.500. The van der Waals surface area contributed by atoms with E-state index in [2.05, 4.69) is 10.3 Å². The summed E-state index contributed by atoms with van der Waals surface area (Å²) in [5, 5.41) is 3.15. The van der Waals surface area contributed by atoms with Crippen LogP contribution in [0.5, 0.6) is 0 Å². The van der Waals surface area contributed by atoms with Gasteiger partial charge in [-0.15, -0.1) is 0 Å². The minimum Gasteiger partial charge on any atom is -0.423 e. The maximum Gasteiger partial charge on any atom is 0.295 e. The predicted octanol–water partition coefficient (Wildman–Crippen LogP) is 2.64. The number of benzene rings is 1. The Morgan fingerprint density at radius 3 is 3.11 bits per heavy atom. The molecule has 3 N–H and O–H groups in total. The molecule has 1 aliphatic rings. The van der Waals surface area contributed by atoms with Crippen LogP contribution in [0.2, 0.25) is 0 Å². The molecule has 1 aromatic heterocycles. The van der Waals surface area contributed by atoms with Gasteiger partial charge in [0.1, 0.15) is 5.52 Å². The molecule has 1 heterocycles. The first-order chi connectivity index (χ1) is 9.33. The SMILES string of the molecule is Nc1cccc2oc(NCCCOCC3CC3)nc12. The van der Waals surface area contributed by atoms with Crippen molar-refractivity contribution in [3.63, 3.8) is 0 Å². The number of nitrogen functional groups attached to an aromatic ring is 1. The van der Waals surface area contributed by atoms with E-state index in [1.165, 1.54) is 12.8 Å². The lowest BCUT2D eigenvalue weighted by Gasteiger charge is -2.03. The molecule has 1 aliphatic carbocycles. The lowest BCUT2D eigenvalue weighted by atomic mass is 10.3. The standard InChI is InChI=1S/C14H19N3O2/c15-11-3-1-4-12-13(11)17-14(19-12)16-7-2-8-18-9-10-5-6-10/h1,3-4,10H,2,5-9,15H2,(H,16,17). The van der Waals surface area contributed by atoms with Crippen molar-refractivity contribution in [2.75, 3.05) is 30.8 Å². The van der Waals surface area contributed by atoms with E-state index in [1.807, 2.05) is 18.2 Å². The van der Waals surface area contributed by atoms with Crippen LogP contribution in [0.4, 0.5) is 11.7 Å². The Morgan fingerprint density at radius 1 is 1.42 bits per heavy atom. The van der Waals surface area contributed by atoms with E-state index in [0.29, 0.717) is 17.3 Å². The molecule has 1 saturated carbocycles. The van der Waals surface area contributed by atoms with Crippen LogP contribution in [0.1, 0.15) is 19.3 Å². The van der Waals surface area contributed by atoms with E-state index in [-0.39, 0.29) is 0 Å². The minimum absolute atomic E-state index is 0.523. The van der Waals surface area contributed by atoms with Gasteiger partial charge in [0.2, 0.25) is 0 Å². The third-order valence-electron chi connectivity index (χ3n) is 3.24. The van der Waals surface area contributed by atoms with Crippen LogP contribution in [0.15, 0.2) is 22.6 Å². The fourth-order valence-electron chi connectivity index (χ4n) is 1.95. The number of hydrogen-bond acceptors (Lipinski definition) is 5. The average molecular weight is 261 g/mol. The van der Waals surface area contributed by atoms with Crippen LogP contribution in [0, 0.1) is 5.92 Å². The van der Waals surface area contributed by atoms with Crippen molar-refractivity contribution in [1.29, 1.82) is 0 Å². The molecule has 5 heteroatoms. The van der Waals surface area contributed by atoms with Crippen molar-refractivity contribution >= 4 is 22.8 Å². The van der Waals surface area contributed by atoms with E-state index in [9.17, 15) is 0 Å². The number of anilines is 2. The zero-order valence-electron chi connectivity index (χ0n) is 10.9. The van der Waals surface area contributed by atoms with Crippen LogP contribution >= 0.6 is 0 Å². The summed E-state index contributed by atoms with van der Waals surface area (Å²) in [7, 11) is 0. The van der Waals surface area contributed by atoms with Crippen molar-refractivity contribution in [2.24, 2.45) is 5.92 Å². The number of hydrogen-bond donors (Lipinski definition) is 2. The number of nitrogens with one attached hydrogen (secondary N) is 1. The maximum absolute atomic E-state index is 5.83. The number of para-hydroxylation sites is 1. The molecule has 0 bridgehead atoms. The van der Waals surface area contributed by atoms with E-state index in [1.54, 1.807) is 0 Å². The van der Waals surface area contributed by atoms with Gasteiger partial charge in [-0.05, 0) is 37.3 Å². The number of rotatable bonds is 7. The van der Waals surface area contributed by atoms with E-state index < -0.39 is 0 Å². The highest BCUT2D eigenvalue weighted by Crippen LogP contribution is 2.28. The summed E-state index contributed by atoms with van der Waals surface area (Å²) in [6.45, 7) is 2.49. The topological polar surface area (TPSA) is 73.3 Å². The monoisotopic (exact) mass is 261 g/mol. The molecule has 5 nitrogen and oxygen atoms in total. The van der Waals surface area contributed by atoms with Gasteiger partial charge >= 0.3 is 0 Å². The van der Waals surface area contributed by atoms with Crippen LogP contribution in [-0.4, -0.2) is 24.7 Å². The Kier molecular flexibility index (Phi) is 3.55. The number of oxazole rings is 1. The number of ether oxygens (including phenoxy) is 1. The second kappa shape index (κ2) is 5.48. The Hall–Kier alpha value is -1.75. The molecule has 0 saturated heterocycles. The van der Waals surface area contributed by atoms with E-state index >= 15 is 0 Å². The van der Waals surface area contributed by atoms with Crippen molar-refractivity contribution in [1.82, 2.24) is 4.98 Å². The molecule has 3 rings (SSSR count). The van der Waals surface area contributed by atoms with Gasteiger partial charge in [0, 0.05) is 19.8 Å². The first kappa shape index (κ1) is 12.3. The number of fused-ring (bicyclic) bond motifs is 1. The first-order valence-corrected chi connectivity index (χ1v) is 6.79. The Balaban J connectivity index is 1.44. The summed E-state index contributed by atoms with van der Waals surface area (Å²) in [5.74, 6) is 0.827. The second-order valence-electron chi connectivity index (χ2n) is 5.01. The molecule has 19 heavy (non-hydrogen) atoms. The van der Waals surface area contributed by atoms with Gasteiger partial charge in [0.25, 0.3) is 6.01 Å². The molecule has 2 aromatic rings. The summed E-state index contributed by atoms with van der Waals surface area (Å²) in [4.78, 5) is 4.32. The van der Waals surface area contributed by atoms with Crippen molar-refractivity contribution in [3.05, 3.63) is 18.2 Å². The van der Waals surface area contributed by atoms with Crippen LogP contribution in [0.25, 0.3) is 11.1 Å². The maximum atomic E-state index is 5.83. The van der Waals surface area contributed by atoms with E-state index in [0.717, 1.165) is 37.6 Å². The highest BCUT2D eigenvalue weighted by atomic mass is 16.5. The lowest BCUT2D eigenvalue weighted by molar-refractivity contribution is 0.124. The van der Waals surface area contributed by atoms with Gasteiger partial charge in [-0.2, -0.15) is 4.98 Å². The number of nitrogens with zero attached hydrogens (tertiary/aromatic N) is 1. The van der Waals surface area contributed by atoms with Gasteiger partial charge in [-0.25, -0.2) is 0 Å². The molecule has 0 spiro atoms. The first-order valence-electron chi connectivity index (χ1n) is 6.79. The molecule has 102 valence electrons. The third kappa shape index (κ3) is 3.17. The second-order valence-corrected chi connectivity index (χ2v) is 5.01. The van der Waals surface area contributed by atoms with Crippen molar-refractivity contribution < 1.29 is 9.15 Å². The number of nitrogens with two attached hydrogens (primary N) is 1. The lowest BCUT2D eigenvalue weighted by Crippen LogP contribution is -2.07. The van der Waals surface area contributed by atoms with Gasteiger partial charge in [0.05, 0.1) is 5.69 Å². The molecular weight excluding hydrogens is 242 g/mol. The quantitative estimate of drug-likeness (QED) is 0.592. The van der Waals surface area contributed by atoms with Crippen molar-refractivity contribution in [3.8, 4) is 0 Å². The van der Waals surface area contributed by atoms with Crippen LogP contribution in [0.3, 0.4) is 0 Å². The Morgan fingerprint density at radius 2 is 2.32 bits per heavy atom. The molecule has 0 atom stereocenters. The molecule has 1 aromatic carbocycles. The van der Waals surface area contributed by atoms with Gasteiger partial charge in [-0.1, -0.05) is 6.07 Å². The Bertz CT molecular complexity index is 549. The average Bonchev–Trinajstić information content (AvgIpc) is 3.12. The van der Waals surface area contributed by atoms with Crippen LogP contribution in [-0.2, 0) is 4.74 Å². The zero-order chi connectivity index (χ0) is 13.1. The summed E-state index contributed by atoms with van der Waals surface area (Å²) in [6.07, 6.45) is 3.62. The van der Waals surface area contributed by atoms with Crippen LogP contribution < -0.4 is 11.1 Å². The molecule has 0 radical (unpaired) electrons. The highest BCUT2D eigenvalue weighted by molar-refractivity contribution is 5.86. The molecule has 0 aliphatic heterocycles. The smallest absolute Gasteiger partial charge is 0.295 e. The molecule has 1 fully saturated rings.